The predicted octanol–water partition coefficient (Wildman–Crippen LogP) is 3.62. The number of halogens is 1. The van der Waals surface area contributed by atoms with Crippen LogP contribution in [-0.2, 0) is 0 Å². The molecule has 0 aliphatic carbocycles. The fourth-order valence-electron chi connectivity index (χ4n) is 2.10. The number of H-pyrrole nitrogens is 1. The second-order valence-electron chi connectivity index (χ2n) is 5.09. The molecule has 0 aliphatic rings. The van der Waals surface area contributed by atoms with Gasteiger partial charge in [-0.25, -0.2) is 19.9 Å². The van der Waals surface area contributed by atoms with Gasteiger partial charge < -0.3 is 9.72 Å². The highest BCUT2D eigenvalue weighted by Crippen LogP contribution is 2.23. The lowest BCUT2D eigenvalue weighted by atomic mass is 10.2. The van der Waals surface area contributed by atoms with E-state index in [0.29, 0.717) is 34.4 Å². The largest absolute Gasteiger partial charge is 0.481 e. The zero-order valence-electron chi connectivity index (χ0n) is 13.4. The highest BCUT2D eigenvalue weighted by atomic mass is 35.5. The van der Waals surface area contributed by atoms with Crippen molar-refractivity contribution in [3.05, 3.63) is 29.2 Å². The minimum Gasteiger partial charge on any atom is -0.481 e. The van der Waals surface area contributed by atoms with Gasteiger partial charge in [-0.15, -0.1) is 0 Å². The number of hydrogen-bond acceptors (Lipinski definition) is 5. The van der Waals surface area contributed by atoms with Gasteiger partial charge in [0.2, 0.25) is 5.88 Å². The molecular weight excluding hydrogens is 326 g/mol. The molecule has 0 saturated heterocycles. The van der Waals surface area contributed by atoms with Crippen LogP contribution >= 0.6 is 11.6 Å². The molecule has 3 aromatic rings. The van der Waals surface area contributed by atoms with E-state index in [9.17, 15) is 0 Å². The van der Waals surface area contributed by atoms with E-state index in [4.69, 9.17) is 16.3 Å². The number of ether oxygens (including phenoxy) is 1. The lowest BCUT2D eigenvalue weighted by Crippen LogP contribution is -1.95. The molecule has 0 radical (unpaired) electrons. The molecule has 0 saturated carbocycles. The molecule has 122 valence electrons. The average Bonchev–Trinajstić information content (AvgIpc) is 3.02. The standard InChI is InChI=1S/C17H16ClN5O/c1-3-4-5-6-9-12-20-14-15(18)22-16(23-17(14)21-12)11-8-7-10-13(19-11)24-2/h7-8,10H,3-5H2,1-2H3,(H,20,21,22,23). The average molecular weight is 342 g/mol. The van der Waals surface area contributed by atoms with Gasteiger partial charge in [0, 0.05) is 12.5 Å². The fraction of sp³-hybridized carbons (Fsp3) is 0.294. The maximum absolute atomic E-state index is 6.25. The van der Waals surface area contributed by atoms with Crippen molar-refractivity contribution in [2.75, 3.05) is 7.11 Å². The summed E-state index contributed by atoms with van der Waals surface area (Å²) in [4.78, 5) is 20.5. The molecule has 1 N–H and O–H groups in total. The monoisotopic (exact) mass is 341 g/mol. The summed E-state index contributed by atoms with van der Waals surface area (Å²) in [5.41, 5.74) is 1.61. The number of aromatic amines is 1. The third kappa shape index (κ3) is 3.47. The van der Waals surface area contributed by atoms with E-state index in [1.165, 1.54) is 0 Å². The van der Waals surface area contributed by atoms with Gasteiger partial charge in [0.05, 0.1) is 7.11 Å². The number of aromatic nitrogens is 5. The number of methoxy groups -OCH3 is 1. The first-order valence-electron chi connectivity index (χ1n) is 7.64. The minimum absolute atomic E-state index is 0.286. The molecule has 0 spiro atoms. The van der Waals surface area contributed by atoms with Gasteiger partial charge in [0.1, 0.15) is 11.2 Å². The number of imidazole rings is 1. The number of nitrogens with zero attached hydrogens (tertiary/aromatic N) is 4. The maximum atomic E-state index is 6.25. The molecule has 24 heavy (non-hydrogen) atoms. The van der Waals surface area contributed by atoms with Crippen LogP contribution in [0.4, 0.5) is 0 Å². The van der Waals surface area contributed by atoms with E-state index in [0.717, 1.165) is 19.3 Å². The van der Waals surface area contributed by atoms with Crippen molar-refractivity contribution in [1.29, 1.82) is 0 Å². The highest BCUT2D eigenvalue weighted by Gasteiger charge is 2.13. The van der Waals surface area contributed by atoms with Crippen molar-refractivity contribution < 1.29 is 4.74 Å². The molecule has 0 aromatic carbocycles. The zero-order valence-corrected chi connectivity index (χ0v) is 14.2. The van der Waals surface area contributed by atoms with Gasteiger partial charge in [-0.2, -0.15) is 0 Å². The second-order valence-corrected chi connectivity index (χ2v) is 5.45. The molecule has 7 heteroatoms. The summed E-state index contributed by atoms with van der Waals surface area (Å²) < 4.78 is 5.12. The van der Waals surface area contributed by atoms with Crippen LogP contribution in [0.5, 0.6) is 5.88 Å². The first-order chi connectivity index (χ1) is 11.7. The van der Waals surface area contributed by atoms with Crippen LogP contribution < -0.4 is 4.74 Å². The normalized spacial score (nSPS) is 10.5. The summed E-state index contributed by atoms with van der Waals surface area (Å²) in [6.45, 7) is 2.13. The van der Waals surface area contributed by atoms with E-state index in [1.54, 1.807) is 19.2 Å². The van der Waals surface area contributed by atoms with Crippen LogP contribution in [0.1, 0.15) is 32.0 Å². The number of nitrogens with one attached hydrogen (secondary N) is 1. The van der Waals surface area contributed by atoms with E-state index < -0.39 is 0 Å². The third-order valence-corrected chi connectivity index (χ3v) is 3.60. The van der Waals surface area contributed by atoms with Crippen molar-refractivity contribution in [3.63, 3.8) is 0 Å². The fourth-order valence-corrected chi connectivity index (χ4v) is 2.31. The van der Waals surface area contributed by atoms with Crippen molar-refractivity contribution >= 4 is 22.8 Å². The number of rotatable bonds is 4. The Balaban J connectivity index is 1.98. The number of fused-ring (bicyclic) bond motifs is 1. The van der Waals surface area contributed by atoms with Crippen molar-refractivity contribution in [2.45, 2.75) is 26.2 Å². The lowest BCUT2D eigenvalue weighted by molar-refractivity contribution is 0.398. The molecular formula is C17H16ClN5O. The zero-order chi connectivity index (χ0) is 16.9. The van der Waals surface area contributed by atoms with Crippen LogP contribution in [0, 0.1) is 11.8 Å². The van der Waals surface area contributed by atoms with Gasteiger partial charge >= 0.3 is 0 Å². The van der Waals surface area contributed by atoms with Gasteiger partial charge in [0.15, 0.2) is 22.4 Å². The van der Waals surface area contributed by atoms with Crippen molar-refractivity contribution in [2.24, 2.45) is 0 Å². The van der Waals surface area contributed by atoms with Crippen molar-refractivity contribution in [3.8, 4) is 29.2 Å². The Kier molecular flexibility index (Phi) is 4.92. The second kappa shape index (κ2) is 7.28. The van der Waals surface area contributed by atoms with Gasteiger partial charge in [-0.1, -0.05) is 36.9 Å². The third-order valence-electron chi connectivity index (χ3n) is 3.33. The Hall–Kier alpha value is -2.65. The van der Waals surface area contributed by atoms with E-state index in [1.807, 2.05) is 6.07 Å². The lowest BCUT2D eigenvalue weighted by Gasteiger charge is -2.02. The Morgan fingerprint density at radius 2 is 2.08 bits per heavy atom. The van der Waals surface area contributed by atoms with Crippen LogP contribution in [-0.4, -0.2) is 32.0 Å². The first kappa shape index (κ1) is 16.2. The SMILES string of the molecule is CCCCC#Cc1nc2nc(-c3cccc(OC)n3)nc(Cl)c2[nH]1. The quantitative estimate of drug-likeness (QED) is 0.445. The molecule has 3 heterocycles. The summed E-state index contributed by atoms with van der Waals surface area (Å²) in [5.74, 6) is 7.49. The molecule has 0 aliphatic heterocycles. The summed E-state index contributed by atoms with van der Waals surface area (Å²) >= 11 is 6.25. The maximum Gasteiger partial charge on any atom is 0.213 e. The summed E-state index contributed by atoms with van der Waals surface area (Å²) in [7, 11) is 1.56. The first-order valence-corrected chi connectivity index (χ1v) is 8.02. The highest BCUT2D eigenvalue weighted by molar-refractivity contribution is 6.33. The smallest absolute Gasteiger partial charge is 0.213 e. The Morgan fingerprint density at radius 1 is 1.21 bits per heavy atom. The number of hydrogen-bond donors (Lipinski definition) is 1. The number of unbranched alkanes of at least 4 members (excludes halogenated alkanes) is 2. The molecule has 0 unspecified atom stereocenters. The molecule has 6 nitrogen and oxygen atoms in total. The van der Waals surface area contributed by atoms with E-state index >= 15 is 0 Å². The molecule has 0 fully saturated rings. The Morgan fingerprint density at radius 3 is 2.88 bits per heavy atom. The molecule has 0 bridgehead atoms. The topological polar surface area (TPSA) is 76.6 Å². The Bertz CT molecular complexity index is 926. The van der Waals surface area contributed by atoms with E-state index in [-0.39, 0.29) is 5.15 Å². The summed E-state index contributed by atoms with van der Waals surface area (Å²) in [6.07, 6.45) is 3.02. The molecule has 0 atom stereocenters. The summed E-state index contributed by atoms with van der Waals surface area (Å²) in [5, 5.41) is 0.286. The minimum atomic E-state index is 0.286. The number of pyridine rings is 1. The van der Waals surface area contributed by atoms with Crippen LogP contribution in [0.2, 0.25) is 5.15 Å². The van der Waals surface area contributed by atoms with Gasteiger partial charge in [0.25, 0.3) is 0 Å². The molecule has 3 rings (SSSR count). The summed E-state index contributed by atoms with van der Waals surface area (Å²) in [6, 6.07) is 5.36. The van der Waals surface area contributed by atoms with Crippen molar-refractivity contribution in [1.82, 2.24) is 24.9 Å². The molecule has 0 amide bonds. The van der Waals surface area contributed by atoms with E-state index in [2.05, 4.69) is 43.7 Å². The van der Waals surface area contributed by atoms with Gasteiger partial charge in [-0.05, 0) is 18.4 Å². The van der Waals surface area contributed by atoms with Crippen LogP contribution in [0.25, 0.3) is 22.7 Å². The van der Waals surface area contributed by atoms with Crippen LogP contribution in [0.15, 0.2) is 18.2 Å². The Labute approximate surface area is 144 Å². The predicted molar refractivity (Wildman–Crippen MR) is 92.9 cm³/mol. The molecule has 3 aromatic heterocycles. The van der Waals surface area contributed by atoms with Gasteiger partial charge in [-0.3, -0.25) is 0 Å². The van der Waals surface area contributed by atoms with Crippen LogP contribution in [0.3, 0.4) is 0 Å².